The second-order valence-electron chi connectivity index (χ2n) is 11.8. The average molecular weight is 593 g/mol. The van der Waals surface area contributed by atoms with Crippen LogP contribution in [0.1, 0.15) is 56.6 Å². The molecule has 0 radical (unpaired) electrons. The van der Waals surface area contributed by atoms with Crippen LogP contribution in [0.3, 0.4) is 0 Å². The smallest absolute Gasteiger partial charge is 0.162 e. The lowest BCUT2D eigenvalue weighted by Crippen LogP contribution is -2.67. The fourth-order valence-corrected chi connectivity index (χ4v) is 6.33. The van der Waals surface area contributed by atoms with Gasteiger partial charge in [0.25, 0.3) is 0 Å². The monoisotopic (exact) mass is 592 g/mol. The molecule has 0 aliphatic carbocycles. The summed E-state index contributed by atoms with van der Waals surface area (Å²) in [5, 5.41) is 0. The lowest BCUT2D eigenvalue weighted by Gasteiger charge is -2.54. The van der Waals surface area contributed by atoms with Crippen molar-refractivity contribution in [1.82, 2.24) is 0 Å². The van der Waals surface area contributed by atoms with Gasteiger partial charge in [0, 0.05) is 25.9 Å². The molecule has 232 valence electrons. The van der Waals surface area contributed by atoms with E-state index in [0.717, 1.165) is 66.9 Å². The van der Waals surface area contributed by atoms with Crippen LogP contribution in [0, 0.1) is 0 Å². The molecule has 0 unspecified atom stereocenters. The third-order valence-electron chi connectivity index (χ3n) is 8.71. The molecule has 2 fully saturated rings. The molecule has 4 aliphatic rings. The minimum atomic E-state index is -0.693. The molecule has 2 saturated heterocycles. The fourth-order valence-electron chi connectivity index (χ4n) is 6.33. The zero-order valence-electron chi connectivity index (χ0n) is 25.3. The van der Waals surface area contributed by atoms with Crippen molar-refractivity contribution in [2.45, 2.75) is 95.0 Å². The number of hydrogen-bond donors (Lipinski definition) is 0. The summed E-state index contributed by atoms with van der Waals surface area (Å²) in [6.07, 6.45) is 8.10. The predicted octanol–water partition coefficient (Wildman–Crippen LogP) is 6.23. The summed E-state index contributed by atoms with van der Waals surface area (Å²) in [6, 6.07) is 18.2. The molecule has 0 bridgehead atoms. The highest BCUT2D eigenvalue weighted by molar-refractivity contribution is 5.26. The standard InChI is InChI=1S/C35H44O8/c1-35-31(18-15-29(43-35)16-19-32-38-21-22-39-32)42-30-17-14-28(9-6-20-37-23-26-10-12-27(36-2)13-11-26)41-33(30)34(35)40-24-25-7-4-3-5-8-25/h3-5,7-8,10-15,30-34H,6,9,16-24H2,1-2H3/t30-,31+,33-,34+,35+/m1/s1. The van der Waals surface area contributed by atoms with Gasteiger partial charge in [0.1, 0.15) is 24.1 Å². The van der Waals surface area contributed by atoms with Gasteiger partial charge >= 0.3 is 0 Å². The van der Waals surface area contributed by atoms with Crippen LogP contribution in [-0.4, -0.2) is 63.2 Å². The van der Waals surface area contributed by atoms with E-state index in [9.17, 15) is 0 Å². The Morgan fingerprint density at radius 3 is 2.42 bits per heavy atom. The van der Waals surface area contributed by atoms with E-state index in [1.165, 1.54) is 0 Å². The zero-order valence-corrected chi connectivity index (χ0v) is 25.3. The van der Waals surface area contributed by atoms with E-state index in [1.54, 1.807) is 7.11 Å². The second kappa shape index (κ2) is 14.3. The summed E-state index contributed by atoms with van der Waals surface area (Å²) in [5.41, 5.74) is 1.55. The van der Waals surface area contributed by atoms with Crippen LogP contribution < -0.4 is 4.74 Å². The van der Waals surface area contributed by atoms with E-state index in [-0.39, 0.29) is 30.7 Å². The molecule has 0 saturated carbocycles. The zero-order chi connectivity index (χ0) is 29.5. The number of fused-ring (bicyclic) bond motifs is 2. The van der Waals surface area contributed by atoms with Crippen LogP contribution in [0.25, 0.3) is 0 Å². The molecule has 4 aliphatic heterocycles. The lowest BCUT2D eigenvalue weighted by molar-refractivity contribution is -0.292. The molecular formula is C35H44O8. The van der Waals surface area contributed by atoms with E-state index in [4.69, 9.17) is 37.9 Å². The van der Waals surface area contributed by atoms with Gasteiger partial charge in [-0.3, -0.25) is 0 Å². The van der Waals surface area contributed by atoms with E-state index < -0.39 is 5.60 Å². The summed E-state index contributed by atoms with van der Waals surface area (Å²) >= 11 is 0. The molecule has 6 rings (SSSR count). The highest BCUT2D eigenvalue weighted by Crippen LogP contribution is 2.45. The average Bonchev–Trinajstić information content (AvgIpc) is 3.57. The summed E-state index contributed by atoms with van der Waals surface area (Å²) in [4.78, 5) is 0. The van der Waals surface area contributed by atoms with Gasteiger partial charge in [0.05, 0.1) is 45.1 Å². The molecule has 4 heterocycles. The van der Waals surface area contributed by atoms with Crippen molar-refractivity contribution in [3.63, 3.8) is 0 Å². The molecule has 5 atom stereocenters. The Hall–Kier alpha value is -2.88. The molecule has 0 N–H and O–H groups in total. The van der Waals surface area contributed by atoms with Crippen molar-refractivity contribution in [2.24, 2.45) is 0 Å². The molecule has 2 aromatic rings. The first-order valence-electron chi connectivity index (χ1n) is 15.6. The quantitative estimate of drug-likeness (QED) is 0.254. The Morgan fingerprint density at radius 2 is 1.63 bits per heavy atom. The van der Waals surface area contributed by atoms with Gasteiger partial charge in [-0.05, 0) is 61.6 Å². The van der Waals surface area contributed by atoms with Gasteiger partial charge in [0.15, 0.2) is 18.0 Å². The molecule has 43 heavy (non-hydrogen) atoms. The van der Waals surface area contributed by atoms with E-state index >= 15 is 0 Å². The largest absolute Gasteiger partial charge is 0.497 e. The summed E-state index contributed by atoms with van der Waals surface area (Å²) in [5.74, 6) is 2.75. The Morgan fingerprint density at radius 1 is 0.860 bits per heavy atom. The molecular weight excluding hydrogens is 548 g/mol. The van der Waals surface area contributed by atoms with Crippen LogP contribution in [-0.2, 0) is 46.4 Å². The first-order chi connectivity index (χ1) is 21.1. The van der Waals surface area contributed by atoms with E-state index in [0.29, 0.717) is 33.0 Å². The van der Waals surface area contributed by atoms with Crippen LogP contribution in [0.4, 0.5) is 0 Å². The van der Waals surface area contributed by atoms with Crippen molar-refractivity contribution in [1.29, 1.82) is 0 Å². The molecule has 0 aromatic heterocycles. The Labute approximate surface area is 254 Å². The summed E-state index contributed by atoms with van der Waals surface area (Å²) < 4.78 is 49.3. The topological polar surface area (TPSA) is 73.8 Å². The Bertz CT molecular complexity index is 1220. The number of ether oxygens (including phenoxy) is 8. The first kappa shape index (κ1) is 30.2. The van der Waals surface area contributed by atoms with Gasteiger partial charge < -0.3 is 37.9 Å². The van der Waals surface area contributed by atoms with E-state index in [1.807, 2.05) is 42.5 Å². The number of methoxy groups -OCH3 is 1. The number of hydrogen-bond acceptors (Lipinski definition) is 8. The Balaban J connectivity index is 1.08. The van der Waals surface area contributed by atoms with Gasteiger partial charge in [-0.1, -0.05) is 42.5 Å². The summed E-state index contributed by atoms with van der Waals surface area (Å²) in [7, 11) is 1.67. The predicted molar refractivity (Wildman–Crippen MR) is 160 cm³/mol. The van der Waals surface area contributed by atoms with Crippen LogP contribution >= 0.6 is 0 Å². The maximum atomic E-state index is 6.77. The minimum Gasteiger partial charge on any atom is -0.497 e. The molecule has 0 amide bonds. The second-order valence-corrected chi connectivity index (χ2v) is 11.8. The minimum absolute atomic E-state index is 0.0900. The first-order valence-corrected chi connectivity index (χ1v) is 15.6. The third kappa shape index (κ3) is 7.44. The van der Waals surface area contributed by atoms with Crippen LogP contribution in [0.5, 0.6) is 5.75 Å². The van der Waals surface area contributed by atoms with Crippen molar-refractivity contribution in [2.75, 3.05) is 26.9 Å². The van der Waals surface area contributed by atoms with Gasteiger partial charge in [-0.15, -0.1) is 0 Å². The molecule has 8 nitrogen and oxygen atoms in total. The number of rotatable bonds is 13. The summed E-state index contributed by atoms with van der Waals surface area (Å²) in [6.45, 7) is 5.12. The van der Waals surface area contributed by atoms with E-state index in [2.05, 4.69) is 31.2 Å². The molecule has 2 aromatic carbocycles. The SMILES string of the molecule is COc1ccc(COCCCC2=CC[C@H]3O[C@H]4CC=C(CCC5OCCO5)O[C@]4(C)[C@@H](OCc4ccccc4)[C@@H]3O2)cc1. The van der Waals surface area contributed by atoms with Gasteiger partial charge in [-0.25, -0.2) is 0 Å². The normalized spacial score (nSPS) is 28.6. The maximum Gasteiger partial charge on any atom is 0.162 e. The number of allylic oxidation sites excluding steroid dienone is 2. The highest BCUT2D eigenvalue weighted by Gasteiger charge is 2.58. The number of benzene rings is 2. The maximum absolute atomic E-state index is 6.77. The van der Waals surface area contributed by atoms with Crippen LogP contribution in [0.15, 0.2) is 78.3 Å². The third-order valence-corrected chi connectivity index (χ3v) is 8.71. The van der Waals surface area contributed by atoms with Crippen molar-refractivity contribution < 1.29 is 37.9 Å². The van der Waals surface area contributed by atoms with Crippen LogP contribution in [0.2, 0.25) is 0 Å². The lowest BCUT2D eigenvalue weighted by atomic mass is 9.79. The fraction of sp³-hybridized carbons (Fsp3) is 0.543. The molecule has 0 spiro atoms. The highest BCUT2D eigenvalue weighted by atomic mass is 16.7. The van der Waals surface area contributed by atoms with Crippen molar-refractivity contribution in [3.8, 4) is 5.75 Å². The van der Waals surface area contributed by atoms with Gasteiger partial charge in [-0.2, -0.15) is 0 Å². The molecule has 8 heteroatoms. The van der Waals surface area contributed by atoms with Gasteiger partial charge in [0.2, 0.25) is 0 Å². The van der Waals surface area contributed by atoms with Crippen molar-refractivity contribution in [3.05, 3.63) is 89.4 Å². The Kier molecular flexibility index (Phi) is 10.0. The van der Waals surface area contributed by atoms with Crippen molar-refractivity contribution >= 4 is 0 Å².